The third-order valence-corrected chi connectivity index (χ3v) is 4.22. The molecule has 0 spiro atoms. The van der Waals surface area contributed by atoms with Crippen molar-refractivity contribution in [3.63, 3.8) is 0 Å². The SMILES string of the molecule is Cc1cc(C[C@@H]2CN(CC3COCCOC3)C[C@@H]2O)on1. The second-order valence-corrected chi connectivity index (χ2v) is 6.20. The molecule has 2 atom stereocenters. The fraction of sp³-hybridized carbons (Fsp3) is 0.800. The van der Waals surface area contributed by atoms with Gasteiger partial charge in [0.1, 0.15) is 5.76 Å². The van der Waals surface area contributed by atoms with Gasteiger partial charge in [0.05, 0.1) is 38.2 Å². The molecule has 6 nitrogen and oxygen atoms in total. The molecule has 2 aliphatic rings. The van der Waals surface area contributed by atoms with Crippen molar-refractivity contribution in [2.45, 2.75) is 19.4 Å². The van der Waals surface area contributed by atoms with Crippen LogP contribution in [-0.4, -0.2) is 67.3 Å². The van der Waals surface area contributed by atoms with Crippen LogP contribution < -0.4 is 0 Å². The summed E-state index contributed by atoms with van der Waals surface area (Å²) >= 11 is 0. The predicted molar refractivity (Wildman–Crippen MR) is 76.0 cm³/mol. The van der Waals surface area contributed by atoms with E-state index in [1.54, 1.807) is 0 Å². The number of aliphatic hydroxyl groups excluding tert-OH is 1. The second kappa shape index (κ2) is 6.87. The van der Waals surface area contributed by atoms with Gasteiger partial charge in [-0.1, -0.05) is 5.16 Å². The molecule has 0 unspecified atom stereocenters. The molecule has 118 valence electrons. The number of hydrogen-bond acceptors (Lipinski definition) is 6. The normalized spacial score (nSPS) is 28.9. The Kier molecular flexibility index (Phi) is 4.90. The van der Waals surface area contributed by atoms with Gasteiger partial charge in [0.25, 0.3) is 0 Å². The first-order chi connectivity index (χ1) is 10.2. The number of likely N-dealkylation sites (tertiary alicyclic amines) is 1. The number of nitrogens with zero attached hydrogens (tertiary/aromatic N) is 2. The second-order valence-electron chi connectivity index (χ2n) is 6.20. The molecular weight excluding hydrogens is 272 g/mol. The summed E-state index contributed by atoms with van der Waals surface area (Å²) < 4.78 is 16.3. The Morgan fingerprint density at radius 2 is 2.05 bits per heavy atom. The first-order valence-electron chi connectivity index (χ1n) is 7.69. The minimum atomic E-state index is -0.303. The van der Waals surface area contributed by atoms with Crippen LogP contribution in [0.2, 0.25) is 0 Å². The van der Waals surface area contributed by atoms with E-state index >= 15 is 0 Å². The first-order valence-corrected chi connectivity index (χ1v) is 7.69. The fourth-order valence-corrected chi connectivity index (χ4v) is 3.20. The average molecular weight is 296 g/mol. The van der Waals surface area contributed by atoms with Gasteiger partial charge in [-0.15, -0.1) is 0 Å². The highest BCUT2D eigenvalue weighted by molar-refractivity contribution is 5.05. The van der Waals surface area contributed by atoms with E-state index in [1.807, 2.05) is 13.0 Å². The molecule has 2 aliphatic heterocycles. The zero-order valence-corrected chi connectivity index (χ0v) is 12.5. The molecule has 0 saturated carbocycles. The van der Waals surface area contributed by atoms with Crippen LogP contribution in [0.25, 0.3) is 0 Å². The van der Waals surface area contributed by atoms with Gasteiger partial charge >= 0.3 is 0 Å². The van der Waals surface area contributed by atoms with Crippen molar-refractivity contribution in [3.05, 3.63) is 17.5 Å². The monoisotopic (exact) mass is 296 g/mol. The highest BCUT2D eigenvalue weighted by Crippen LogP contribution is 2.23. The van der Waals surface area contributed by atoms with Gasteiger partial charge in [0, 0.05) is 44.0 Å². The van der Waals surface area contributed by atoms with E-state index in [1.165, 1.54) is 0 Å². The number of β-amino-alcohol motifs (C(OH)–C–C–N with tert-alkyl or cyclic N) is 1. The minimum absolute atomic E-state index is 0.213. The Balaban J connectivity index is 1.50. The Morgan fingerprint density at radius 3 is 2.71 bits per heavy atom. The minimum Gasteiger partial charge on any atom is -0.391 e. The topological polar surface area (TPSA) is 68.0 Å². The van der Waals surface area contributed by atoms with Crippen molar-refractivity contribution in [1.82, 2.24) is 10.1 Å². The Labute approximate surface area is 125 Å². The van der Waals surface area contributed by atoms with Crippen LogP contribution in [0.5, 0.6) is 0 Å². The van der Waals surface area contributed by atoms with Crippen molar-refractivity contribution in [2.75, 3.05) is 46.1 Å². The van der Waals surface area contributed by atoms with Gasteiger partial charge in [-0.3, -0.25) is 4.90 Å². The molecule has 2 fully saturated rings. The largest absolute Gasteiger partial charge is 0.391 e. The lowest BCUT2D eigenvalue weighted by Crippen LogP contribution is -2.32. The molecule has 1 aromatic heterocycles. The summed E-state index contributed by atoms with van der Waals surface area (Å²) in [6.45, 7) is 7.31. The van der Waals surface area contributed by atoms with E-state index in [9.17, 15) is 5.11 Å². The van der Waals surface area contributed by atoms with Crippen molar-refractivity contribution in [1.29, 1.82) is 0 Å². The number of aromatic nitrogens is 1. The summed E-state index contributed by atoms with van der Waals surface area (Å²) in [7, 11) is 0. The maximum Gasteiger partial charge on any atom is 0.137 e. The molecule has 6 heteroatoms. The molecule has 0 radical (unpaired) electrons. The zero-order chi connectivity index (χ0) is 14.7. The van der Waals surface area contributed by atoms with Crippen molar-refractivity contribution >= 4 is 0 Å². The standard InChI is InChI=1S/C15H24N2O4/c1-11-4-14(21-16-11)5-13-7-17(8-15(13)18)6-12-9-19-2-3-20-10-12/h4,12-13,15,18H,2-3,5-10H2,1H3/t13-,15+/m1/s1. The van der Waals surface area contributed by atoms with Gasteiger partial charge < -0.3 is 19.1 Å². The van der Waals surface area contributed by atoms with Crippen molar-refractivity contribution in [3.8, 4) is 0 Å². The maximum absolute atomic E-state index is 10.2. The molecule has 0 amide bonds. The van der Waals surface area contributed by atoms with Crippen molar-refractivity contribution < 1.29 is 19.1 Å². The molecule has 0 aliphatic carbocycles. The summed E-state index contributed by atoms with van der Waals surface area (Å²) in [5, 5.41) is 14.1. The van der Waals surface area contributed by atoms with Gasteiger partial charge in [-0.05, 0) is 6.92 Å². The molecule has 1 N–H and O–H groups in total. The van der Waals surface area contributed by atoms with Crippen LogP contribution in [0.4, 0.5) is 0 Å². The van der Waals surface area contributed by atoms with Crippen LogP contribution in [0, 0.1) is 18.8 Å². The van der Waals surface area contributed by atoms with E-state index in [0.717, 1.165) is 44.2 Å². The first kappa shape index (κ1) is 15.0. The number of ether oxygens (including phenoxy) is 2. The number of aryl methyl sites for hydroxylation is 1. The summed E-state index contributed by atoms with van der Waals surface area (Å²) in [5.74, 6) is 1.47. The number of hydrogen-bond donors (Lipinski definition) is 1. The Morgan fingerprint density at radius 1 is 1.29 bits per heavy atom. The van der Waals surface area contributed by atoms with Crippen LogP contribution >= 0.6 is 0 Å². The number of rotatable bonds is 4. The van der Waals surface area contributed by atoms with Gasteiger partial charge in [0.2, 0.25) is 0 Å². The van der Waals surface area contributed by atoms with Crippen molar-refractivity contribution in [2.24, 2.45) is 11.8 Å². The summed E-state index contributed by atoms with van der Waals surface area (Å²) in [4.78, 5) is 2.31. The Hall–Kier alpha value is -0.950. The molecule has 3 rings (SSSR count). The summed E-state index contributed by atoms with van der Waals surface area (Å²) in [6, 6.07) is 1.95. The summed E-state index contributed by atoms with van der Waals surface area (Å²) in [5.41, 5.74) is 0.891. The third kappa shape index (κ3) is 4.03. The predicted octanol–water partition coefficient (Wildman–Crippen LogP) is 0.481. The van der Waals surface area contributed by atoms with Crippen LogP contribution in [0.1, 0.15) is 11.5 Å². The quantitative estimate of drug-likeness (QED) is 0.872. The zero-order valence-electron chi connectivity index (χ0n) is 12.5. The smallest absolute Gasteiger partial charge is 0.137 e. The molecule has 2 saturated heterocycles. The van der Waals surface area contributed by atoms with Crippen LogP contribution in [0.15, 0.2) is 10.6 Å². The van der Waals surface area contributed by atoms with Gasteiger partial charge in [0.15, 0.2) is 0 Å². The molecule has 21 heavy (non-hydrogen) atoms. The lowest BCUT2D eigenvalue weighted by Gasteiger charge is -2.21. The van der Waals surface area contributed by atoms with Crippen LogP contribution in [0.3, 0.4) is 0 Å². The van der Waals surface area contributed by atoms with E-state index in [0.29, 0.717) is 25.7 Å². The average Bonchev–Trinajstić information content (AvgIpc) is 2.89. The maximum atomic E-state index is 10.2. The molecule has 3 heterocycles. The van der Waals surface area contributed by atoms with Crippen LogP contribution in [-0.2, 0) is 15.9 Å². The number of aliphatic hydroxyl groups is 1. The fourth-order valence-electron chi connectivity index (χ4n) is 3.20. The molecule has 1 aromatic rings. The molecular formula is C15H24N2O4. The lowest BCUT2D eigenvalue weighted by molar-refractivity contribution is 0.103. The summed E-state index contributed by atoms with van der Waals surface area (Å²) in [6.07, 6.45) is 0.443. The van der Waals surface area contributed by atoms with E-state index in [2.05, 4.69) is 10.1 Å². The van der Waals surface area contributed by atoms with E-state index in [-0.39, 0.29) is 12.0 Å². The van der Waals surface area contributed by atoms with E-state index in [4.69, 9.17) is 14.0 Å². The highest BCUT2D eigenvalue weighted by atomic mass is 16.5. The third-order valence-electron chi connectivity index (χ3n) is 4.22. The molecule has 0 aromatic carbocycles. The highest BCUT2D eigenvalue weighted by Gasteiger charge is 2.33. The van der Waals surface area contributed by atoms with Gasteiger partial charge in [-0.2, -0.15) is 0 Å². The van der Waals surface area contributed by atoms with Gasteiger partial charge in [-0.25, -0.2) is 0 Å². The molecule has 0 bridgehead atoms. The Bertz CT molecular complexity index is 443. The lowest BCUT2D eigenvalue weighted by atomic mass is 10.0. The van der Waals surface area contributed by atoms with E-state index < -0.39 is 0 Å².